The monoisotopic (exact) mass is 328 g/mol. The minimum absolute atomic E-state index is 0.478. The second kappa shape index (κ2) is 7.85. The molecule has 1 aliphatic heterocycles. The zero-order chi connectivity index (χ0) is 16.1. The van der Waals surface area contributed by atoms with Gasteiger partial charge in [-0.3, -0.25) is 0 Å². The van der Waals surface area contributed by atoms with E-state index in [1.54, 1.807) is 0 Å². The SMILES string of the molecule is C=C(CC)COP1OCc2ccccc2-c2ccccc2CO1. The van der Waals surface area contributed by atoms with E-state index >= 15 is 0 Å². The van der Waals surface area contributed by atoms with Crippen LogP contribution >= 0.6 is 8.60 Å². The van der Waals surface area contributed by atoms with Crippen molar-refractivity contribution in [2.24, 2.45) is 0 Å². The third-order valence-corrected chi connectivity index (χ3v) is 4.87. The fraction of sp³-hybridized carbons (Fsp3) is 0.263. The van der Waals surface area contributed by atoms with Crippen molar-refractivity contribution < 1.29 is 13.6 Å². The molecule has 2 aromatic rings. The van der Waals surface area contributed by atoms with Gasteiger partial charge >= 0.3 is 8.60 Å². The Hall–Kier alpha value is -1.51. The van der Waals surface area contributed by atoms with E-state index < -0.39 is 8.60 Å². The van der Waals surface area contributed by atoms with Crippen LogP contribution in [0.3, 0.4) is 0 Å². The van der Waals surface area contributed by atoms with Crippen molar-refractivity contribution in [2.75, 3.05) is 6.61 Å². The van der Waals surface area contributed by atoms with E-state index in [2.05, 4.69) is 49.9 Å². The fourth-order valence-electron chi connectivity index (χ4n) is 2.42. The normalized spacial score (nSPS) is 15.0. The summed E-state index contributed by atoms with van der Waals surface area (Å²) in [7, 11) is -1.38. The van der Waals surface area contributed by atoms with E-state index in [1.165, 1.54) is 11.1 Å². The Bertz CT molecular complexity index is 634. The molecular weight excluding hydrogens is 307 g/mol. The maximum absolute atomic E-state index is 5.89. The third-order valence-electron chi connectivity index (χ3n) is 3.85. The Balaban J connectivity index is 1.86. The summed E-state index contributed by atoms with van der Waals surface area (Å²) in [6.07, 6.45) is 0.898. The number of hydrogen-bond donors (Lipinski definition) is 0. The van der Waals surface area contributed by atoms with E-state index in [0.717, 1.165) is 23.1 Å². The summed E-state index contributed by atoms with van der Waals surface area (Å²) in [6, 6.07) is 16.6. The molecule has 0 unspecified atom stereocenters. The fourth-order valence-corrected chi connectivity index (χ4v) is 3.42. The van der Waals surface area contributed by atoms with Gasteiger partial charge in [0.05, 0.1) is 19.8 Å². The highest BCUT2D eigenvalue weighted by Gasteiger charge is 2.19. The molecule has 0 bridgehead atoms. The van der Waals surface area contributed by atoms with E-state index in [9.17, 15) is 0 Å². The summed E-state index contributed by atoms with van der Waals surface area (Å²) in [6.45, 7) is 7.47. The predicted octanol–water partition coefficient (Wildman–Crippen LogP) is 5.61. The smallest absolute Gasteiger partial charge is 0.308 e. The van der Waals surface area contributed by atoms with Crippen molar-refractivity contribution in [2.45, 2.75) is 26.6 Å². The second-order valence-corrected chi connectivity index (χ2v) is 6.68. The molecule has 0 aliphatic carbocycles. The molecular formula is C19H21O3P. The molecule has 1 heterocycles. The summed E-state index contributed by atoms with van der Waals surface area (Å²) in [5, 5.41) is 0. The standard InChI is InChI=1S/C19H21O3P/c1-3-15(2)12-20-23-21-13-16-8-4-6-10-18(16)19-11-7-5-9-17(19)14-22-23/h4-11H,2-3,12-14H2,1H3. The Kier molecular flexibility index (Phi) is 5.58. The molecule has 0 saturated heterocycles. The molecule has 0 saturated carbocycles. The van der Waals surface area contributed by atoms with Crippen LogP contribution in [0.5, 0.6) is 0 Å². The number of benzene rings is 2. The molecule has 0 radical (unpaired) electrons. The van der Waals surface area contributed by atoms with Crippen LogP contribution in [0.1, 0.15) is 24.5 Å². The van der Waals surface area contributed by atoms with Crippen molar-refractivity contribution in [3.8, 4) is 11.1 Å². The van der Waals surface area contributed by atoms with Crippen LogP contribution in [-0.2, 0) is 26.8 Å². The highest BCUT2D eigenvalue weighted by atomic mass is 31.2. The van der Waals surface area contributed by atoms with Crippen LogP contribution in [0.15, 0.2) is 60.7 Å². The largest absolute Gasteiger partial charge is 0.333 e. The van der Waals surface area contributed by atoms with E-state index in [4.69, 9.17) is 13.6 Å². The summed E-state index contributed by atoms with van der Waals surface area (Å²) in [5.74, 6) is 0. The van der Waals surface area contributed by atoms with E-state index in [-0.39, 0.29) is 0 Å². The Morgan fingerprint density at radius 3 is 2.04 bits per heavy atom. The second-order valence-electron chi connectivity index (χ2n) is 5.46. The number of rotatable bonds is 4. The molecule has 4 heteroatoms. The van der Waals surface area contributed by atoms with Crippen molar-refractivity contribution in [1.29, 1.82) is 0 Å². The van der Waals surface area contributed by atoms with Gasteiger partial charge in [0.2, 0.25) is 0 Å². The minimum Gasteiger partial charge on any atom is -0.308 e. The maximum Gasteiger partial charge on any atom is 0.333 e. The lowest BCUT2D eigenvalue weighted by Crippen LogP contribution is -1.98. The first kappa shape index (κ1) is 16.4. The van der Waals surface area contributed by atoms with Crippen LogP contribution in [0.2, 0.25) is 0 Å². The Morgan fingerprint density at radius 2 is 1.52 bits per heavy atom. The van der Waals surface area contributed by atoms with Gasteiger partial charge in [-0.05, 0) is 28.7 Å². The van der Waals surface area contributed by atoms with Crippen molar-refractivity contribution in [3.05, 3.63) is 71.8 Å². The highest BCUT2D eigenvalue weighted by Crippen LogP contribution is 2.44. The lowest BCUT2D eigenvalue weighted by molar-refractivity contribution is 0.157. The van der Waals surface area contributed by atoms with Gasteiger partial charge in [0.15, 0.2) is 0 Å². The van der Waals surface area contributed by atoms with Crippen LogP contribution in [0.4, 0.5) is 0 Å². The Labute approximate surface area is 138 Å². The molecule has 0 fully saturated rings. The van der Waals surface area contributed by atoms with Crippen molar-refractivity contribution in [1.82, 2.24) is 0 Å². The maximum atomic E-state index is 5.89. The molecule has 0 spiro atoms. The van der Waals surface area contributed by atoms with Crippen LogP contribution in [0.25, 0.3) is 11.1 Å². The Morgan fingerprint density at radius 1 is 1.00 bits per heavy atom. The molecule has 23 heavy (non-hydrogen) atoms. The van der Waals surface area contributed by atoms with Crippen LogP contribution < -0.4 is 0 Å². The van der Waals surface area contributed by atoms with Crippen LogP contribution in [0, 0.1) is 0 Å². The highest BCUT2D eigenvalue weighted by molar-refractivity contribution is 7.41. The van der Waals surface area contributed by atoms with Gasteiger partial charge in [0.1, 0.15) is 0 Å². The molecule has 1 aliphatic rings. The van der Waals surface area contributed by atoms with E-state index in [0.29, 0.717) is 19.8 Å². The van der Waals surface area contributed by atoms with Gasteiger partial charge in [-0.25, -0.2) is 0 Å². The quantitative estimate of drug-likeness (QED) is 0.539. The molecule has 0 atom stereocenters. The summed E-state index contributed by atoms with van der Waals surface area (Å²) >= 11 is 0. The first-order chi connectivity index (χ1) is 11.3. The lowest BCUT2D eigenvalue weighted by atomic mass is 9.96. The molecule has 2 aromatic carbocycles. The van der Waals surface area contributed by atoms with Gasteiger partial charge in [-0.2, -0.15) is 0 Å². The van der Waals surface area contributed by atoms with Gasteiger partial charge in [-0.1, -0.05) is 67.6 Å². The van der Waals surface area contributed by atoms with Gasteiger partial charge < -0.3 is 13.6 Å². The molecule has 120 valence electrons. The summed E-state index contributed by atoms with van der Waals surface area (Å²) in [4.78, 5) is 0. The van der Waals surface area contributed by atoms with Crippen LogP contribution in [-0.4, -0.2) is 6.61 Å². The molecule has 0 N–H and O–H groups in total. The van der Waals surface area contributed by atoms with Crippen molar-refractivity contribution >= 4 is 8.60 Å². The number of fused-ring (bicyclic) bond motifs is 3. The first-order valence-corrected chi connectivity index (χ1v) is 8.89. The molecule has 3 rings (SSSR count). The minimum atomic E-state index is -1.38. The van der Waals surface area contributed by atoms with Crippen molar-refractivity contribution in [3.63, 3.8) is 0 Å². The lowest BCUT2D eigenvalue weighted by Gasteiger charge is -2.16. The average Bonchev–Trinajstić information content (AvgIpc) is 2.68. The van der Waals surface area contributed by atoms with E-state index in [1.807, 2.05) is 12.1 Å². The van der Waals surface area contributed by atoms with Gasteiger partial charge in [0, 0.05) is 0 Å². The number of hydrogen-bond acceptors (Lipinski definition) is 3. The third kappa shape index (κ3) is 4.07. The molecule has 0 aromatic heterocycles. The summed E-state index contributed by atoms with van der Waals surface area (Å²) < 4.78 is 17.6. The zero-order valence-electron chi connectivity index (χ0n) is 13.3. The summed E-state index contributed by atoms with van der Waals surface area (Å²) in [5.41, 5.74) is 5.73. The molecule has 0 amide bonds. The molecule has 3 nitrogen and oxygen atoms in total. The van der Waals surface area contributed by atoms with Gasteiger partial charge in [-0.15, -0.1) is 0 Å². The average molecular weight is 328 g/mol. The first-order valence-electron chi connectivity index (χ1n) is 7.79. The zero-order valence-corrected chi connectivity index (χ0v) is 14.2. The predicted molar refractivity (Wildman–Crippen MR) is 93.8 cm³/mol. The van der Waals surface area contributed by atoms with Gasteiger partial charge in [0.25, 0.3) is 0 Å². The topological polar surface area (TPSA) is 27.7 Å².